The van der Waals surface area contributed by atoms with Gasteiger partial charge in [0.15, 0.2) is 0 Å². The Morgan fingerprint density at radius 2 is 0.585 bits per heavy atom. The molecule has 0 unspecified atom stereocenters. The van der Waals surface area contributed by atoms with Crippen LogP contribution in [0.3, 0.4) is 0 Å². The van der Waals surface area contributed by atoms with Crippen LogP contribution in [0.1, 0.15) is 12.8 Å². The van der Waals surface area contributed by atoms with E-state index in [-0.39, 0.29) is 0 Å². The summed E-state index contributed by atoms with van der Waals surface area (Å²) in [6.07, 6.45) is -19.7. The van der Waals surface area contributed by atoms with Crippen LogP contribution in [0.4, 0.5) is 123 Å². The van der Waals surface area contributed by atoms with Crippen LogP contribution in [0.2, 0.25) is 0 Å². The van der Waals surface area contributed by atoms with Gasteiger partial charge in [-0.3, -0.25) is 0 Å². The molecule has 0 spiro atoms. The lowest BCUT2D eigenvalue weighted by Gasteiger charge is -2.41. The van der Waals surface area contributed by atoms with Crippen molar-refractivity contribution in [1.82, 2.24) is 0 Å². The van der Waals surface area contributed by atoms with Gasteiger partial charge in [-0.05, 0) is 0 Å². The van der Waals surface area contributed by atoms with Gasteiger partial charge in [-0.2, -0.15) is 105 Å². The van der Waals surface area contributed by atoms with E-state index < -0.39 is 129 Å². The van der Waals surface area contributed by atoms with Gasteiger partial charge >= 0.3 is 83.9 Å². The molecule has 0 amide bonds. The number of methoxy groups -OCH3 is 1. The second-order valence-electron chi connectivity index (χ2n) is 10.4. The van der Waals surface area contributed by atoms with Gasteiger partial charge in [0, 0.05) is 20.0 Å². The Bertz CT molecular complexity index is 1090. The summed E-state index contributed by atoms with van der Waals surface area (Å²) < 4.78 is 384. The molecule has 0 aromatic rings. The molecule has 0 radical (unpaired) electrons. The summed E-state index contributed by atoms with van der Waals surface area (Å²) in [6.45, 7) is -7.05. The van der Waals surface area contributed by atoms with Gasteiger partial charge in [-0.25, -0.2) is 17.6 Å². The van der Waals surface area contributed by atoms with E-state index in [9.17, 15) is 123 Å². The molecule has 0 fully saturated rings. The molecular weight excluding hydrogens is 844 g/mol. The van der Waals surface area contributed by atoms with Gasteiger partial charge in [0.05, 0.1) is 26.4 Å². The Morgan fingerprint density at radius 3 is 0.792 bits per heavy atom. The third kappa shape index (κ3) is 8.24. The highest BCUT2D eigenvalue weighted by atomic mass is 19.4. The first-order chi connectivity index (χ1) is 23.0. The molecule has 0 aliphatic rings. The van der Waals surface area contributed by atoms with E-state index in [2.05, 4.69) is 14.2 Å². The van der Waals surface area contributed by atoms with Crippen molar-refractivity contribution in [2.45, 2.75) is 103 Å². The van der Waals surface area contributed by atoms with Crippen LogP contribution in [0.15, 0.2) is 0 Å². The maximum atomic E-state index is 13.8. The molecule has 0 aliphatic heterocycles. The Hall–Kier alpha value is -2.08. The maximum absolute atomic E-state index is 13.8. The first-order valence-electron chi connectivity index (χ1n) is 12.8. The highest BCUT2D eigenvalue weighted by Crippen LogP contribution is 2.63. The number of alkyl halides is 28. The largest absolute Gasteiger partial charge is 0.384 e. The zero-order chi connectivity index (χ0) is 43.1. The van der Waals surface area contributed by atoms with Crippen LogP contribution in [-0.2, 0) is 14.2 Å². The van der Waals surface area contributed by atoms with Gasteiger partial charge in [-0.1, -0.05) is 0 Å². The third-order valence-electron chi connectivity index (χ3n) is 6.73. The SMILES string of the molecule is COC(COCCC(F)(F)C(F)(F)C(F)(F)C(F)(F)C(F)(F)C(F)(F)C(F)F)COCCC(F)(F)C(F)(F)C(F)(F)C(F)(F)C(F)(F)C(F)(F)C(F)F. The fourth-order valence-corrected chi connectivity index (χ4v) is 3.27. The molecule has 0 aromatic heterocycles. The quantitative estimate of drug-likeness (QED) is 0.0757. The monoisotopic (exact) mass is 862 g/mol. The fourth-order valence-electron chi connectivity index (χ4n) is 3.27. The van der Waals surface area contributed by atoms with E-state index in [4.69, 9.17) is 0 Å². The number of rotatable bonds is 23. The Kier molecular flexibility index (Phi) is 14.8. The molecule has 31 heteroatoms. The van der Waals surface area contributed by atoms with Gasteiger partial charge in [-0.15, -0.1) is 0 Å². The van der Waals surface area contributed by atoms with Gasteiger partial charge in [0.1, 0.15) is 6.10 Å². The van der Waals surface area contributed by atoms with Crippen molar-refractivity contribution < 1.29 is 137 Å². The van der Waals surface area contributed by atoms with E-state index in [1.54, 1.807) is 0 Å². The lowest BCUT2D eigenvalue weighted by Crippen LogP contribution is -2.71. The smallest absolute Gasteiger partial charge is 0.378 e. The normalized spacial score (nSPS) is 16.1. The van der Waals surface area contributed by atoms with E-state index in [0.29, 0.717) is 7.11 Å². The van der Waals surface area contributed by atoms with Crippen LogP contribution in [-0.4, -0.2) is 124 Å². The molecule has 0 heterocycles. The Balaban J connectivity index is 5.60. The van der Waals surface area contributed by atoms with Crippen LogP contribution in [0, 0.1) is 0 Å². The van der Waals surface area contributed by atoms with E-state index in [1.165, 1.54) is 0 Å². The third-order valence-corrected chi connectivity index (χ3v) is 6.73. The zero-order valence-electron chi connectivity index (χ0n) is 24.8. The van der Waals surface area contributed by atoms with Crippen LogP contribution < -0.4 is 0 Å². The van der Waals surface area contributed by atoms with Crippen LogP contribution >= 0.6 is 0 Å². The average molecular weight is 862 g/mol. The molecule has 0 atom stereocenters. The topological polar surface area (TPSA) is 27.7 Å². The standard InChI is InChI=1S/C22H18F28O3/c1-51-8(6-52-4-2-11(27,28)15(35,36)19(43,44)21(47,48)17(39,40)13(31,32)9(23)24)7-53-5-3-12(29,30)16(37,38)20(45,46)22(49,50)18(41,42)14(33,34)10(25)26/h8-10H,2-7H2,1H3. The van der Waals surface area contributed by atoms with Crippen molar-refractivity contribution >= 4 is 0 Å². The first-order valence-corrected chi connectivity index (χ1v) is 12.8. The van der Waals surface area contributed by atoms with Gasteiger partial charge < -0.3 is 14.2 Å². The Labute approximate surface area is 274 Å². The zero-order valence-corrected chi connectivity index (χ0v) is 24.8. The summed E-state index contributed by atoms with van der Waals surface area (Å²) in [5.41, 5.74) is 0. The summed E-state index contributed by atoms with van der Waals surface area (Å²) in [7, 11) is 0.513. The minimum atomic E-state index is -8.32. The van der Waals surface area contributed by atoms with Crippen molar-refractivity contribution in [2.24, 2.45) is 0 Å². The second-order valence-corrected chi connectivity index (χ2v) is 10.4. The molecule has 0 N–H and O–H groups in total. The minimum Gasteiger partial charge on any atom is -0.378 e. The van der Waals surface area contributed by atoms with Gasteiger partial charge in [0.25, 0.3) is 0 Å². The van der Waals surface area contributed by atoms with Crippen molar-refractivity contribution in [3.8, 4) is 0 Å². The number of hydrogen-bond donors (Lipinski definition) is 0. The van der Waals surface area contributed by atoms with Crippen molar-refractivity contribution in [1.29, 1.82) is 0 Å². The molecule has 0 saturated heterocycles. The predicted octanol–water partition coefficient (Wildman–Crippen LogP) is 9.97. The molecule has 53 heavy (non-hydrogen) atoms. The summed E-state index contributed by atoms with van der Waals surface area (Å²) in [5, 5.41) is 0. The lowest BCUT2D eigenvalue weighted by atomic mass is 9.90. The summed E-state index contributed by atoms with van der Waals surface area (Å²) in [6, 6.07) is 0. The van der Waals surface area contributed by atoms with Crippen molar-refractivity contribution in [3.63, 3.8) is 0 Å². The number of ether oxygens (including phenoxy) is 3. The molecule has 0 saturated carbocycles. The highest BCUT2D eigenvalue weighted by Gasteiger charge is 2.92. The number of hydrogen-bond acceptors (Lipinski definition) is 3. The molecule has 0 rings (SSSR count). The predicted molar refractivity (Wildman–Crippen MR) is 113 cm³/mol. The highest BCUT2D eigenvalue weighted by molar-refractivity contribution is 5.13. The van der Waals surface area contributed by atoms with Crippen LogP contribution in [0.5, 0.6) is 0 Å². The fraction of sp³-hybridized carbons (Fsp3) is 1.00. The minimum absolute atomic E-state index is 0.513. The first kappa shape index (κ1) is 50.9. The molecular formula is C22H18F28O3. The maximum Gasteiger partial charge on any atom is 0.384 e. The molecule has 0 bridgehead atoms. The molecule has 320 valence electrons. The second kappa shape index (κ2) is 15.5. The molecule has 0 aromatic carbocycles. The summed E-state index contributed by atoms with van der Waals surface area (Å²) in [5.74, 6) is -93.2. The van der Waals surface area contributed by atoms with E-state index in [0.717, 1.165) is 0 Å². The lowest BCUT2D eigenvalue weighted by molar-refractivity contribution is -0.433. The summed E-state index contributed by atoms with van der Waals surface area (Å²) in [4.78, 5) is 0. The molecule has 0 aliphatic carbocycles. The molecule has 3 nitrogen and oxygen atoms in total. The van der Waals surface area contributed by atoms with Crippen molar-refractivity contribution in [3.05, 3.63) is 0 Å². The van der Waals surface area contributed by atoms with Crippen LogP contribution in [0.25, 0.3) is 0 Å². The van der Waals surface area contributed by atoms with E-state index >= 15 is 0 Å². The number of halogens is 28. The average Bonchev–Trinajstić information content (AvgIpc) is 2.98. The van der Waals surface area contributed by atoms with Gasteiger partial charge in [0.2, 0.25) is 0 Å². The Morgan fingerprint density at radius 1 is 0.358 bits per heavy atom. The summed E-state index contributed by atoms with van der Waals surface area (Å²) >= 11 is 0. The van der Waals surface area contributed by atoms with E-state index in [1.807, 2.05) is 0 Å². The van der Waals surface area contributed by atoms with Crippen molar-refractivity contribution in [2.75, 3.05) is 33.5 Å².